The molecule has 2 aromatic carbocycles. The van der Waals surface area contributed by atoms with E-state index in [0.29, 0.717) is 0 Å². The highest BCUT2D eigenvalue weighted by Gasteiger charge is 2.16. The van der Waals surface area contributed by atoms with Crippen LogP contribution in [0.15, 0.2) is 48.9 Å². The van der Waals surface area contributed by atoms with Gasteiger partial charge in [0.15, 0.2) is 0 Å². The van der Waals surface area contributed by atoms with Crippen molar-refractivity contribution in [3.63, 3.8) is 0 Å². The van der Waals surface area contributed by atoms with Gasteiger partial charge in [0.2, 0.25) is 0 Å². The van der Waals surface area contributed by atoms with Crippen molar-refractivity contribution < 1.29 is 9.47 Å². The lowest BCUT2D eigenvalue weighted by Gasteiger charge is -2.29. The minimum absolute atomic E-state index is 0.295. The van der Waals surface area contributed by atoms with Crippen LogP contribution < -0.4 is 4.90 Å². The smallest absolute Gasteiger partial charge is 0.266 e. The fourth-order valence-electron chi connectivity index (χ4n) is 3.14. The fourth-order valence-corrected chi connectivity index (χ4v) is 3.14. The van der Waals surface area contributed by atoms with Crippen molar-refractivity contribution in [2.75, 3.05) is 18.0 Å². The topological polar surface area (TPSA) is 21.7 Å². The highest BCUT2D eigenvalue weighted by Crippen LogP contribution is 2.29. The van der Waals surface area contributed by atoms with E-state index in [0.717, 1.165) is 5.56 Å². The van der Waals surface area contributed by atoms with Gasteiger partial charge in [-0.15, -0.1) is 0 Å². The first-order valence-electron chi connectivity index (χ1n) is 7.65. The summed E-state index contributed by atoms with van der Waals surface area (Å²) in [5, 5.41) is 2.50. The third kappa shape index (κ3) is 2.44. The average Bonchev–Trinajstić information content (AvgIpc) is 3.09. The summed E-state index contributed by atoms with van der Waals surface area (Å²) in [6, 6.07) is 13.1. The third-order valence-corrected chi connectivity index (χ3v) is 4.30. The molecule has 0 aromatic heterocycles. The van der Waals surface area contributed by atoms with Crippen LogP contribution in [0.1, 0.15) is 31.1 Å². The molecular formula is C18H19NO2. The molecule has 2 heterocycles. The number of ether oxygens (including phenoxy) is 2. The van der Waals surface area contributed by atoms with Gasteiger partial charge in [-0.3, -0.25) is 0 Å². The zero-order chi connectivity index (χ0) is 14.1. The number of anilines is 1. The summed E-state index contributed by atoms with van der Waals surface area (Å²) < 4.78 is 10.8. The Kier molecular flexibility index (Phi) is 3.18. The van der Waals surface area contributed by atoms with E-state index >= 15 is 0 Å². The monoisotopic (exact) mass is 281 g/mol. The Morgan fingerprint density at radius 3 is 2.33 bits per heavy atom. The lowest BCUT2D eigenvalue weighted by atomic mass is 10.0. The summed E-state index contributed by atoms with van der Waals surface area (Å²) in [5.74, 6) is 0. The van der Waals surface area contributed by atoms with Crippen LogP contribution in [0.2, 0.25) is 0 Å². The largest absolute Gasteiger partial charge is 0.455 e. The van der Waals surface area contributed by atoms with E-state index in [1.165, 1.54) is 48.8 Å². The second kappa shape index (κ2) is 5.32. The second-order valence-corrected chi connectivity index (χ2v) is 5.71. The standard InChI is InChI=1S/C18H19NO2/c1-2-8-19(9-3-1)17-7-6-14-12-16(5-4-15(14)13-17)18-20-10-11-21-18/h4-7,10-13,18H,1-3,8-9H2. The highest BCUT2D eigenvalue weighted by atomic mass is 16.7. The summed E-state index contributed by atoms with van der Waals surface area (Å²) in [4.78, 5) is 2.49. The molecule has 2 aliphatic rings. The molecule has 0 bridgehead atoms. The average molecular weight is 281 g/mol. The van der Waals surface area contributed by atoms with Crippen molar-refractivity contribution in [2.24, 2.45) is 0 Å². The number of fused-ring (bicyclic) bond motifs is 1. The van der Waals surface area contributed by atoms with E-state index in [1.54, 1.807) is 12.5 Å². The molecule has 108 valence electrons. The zero-order valence-electron chi connectivity index (χ0n) is 12.0. The summed E-state index contributed by atoms with van der Waals surface area (Å²) in [6.07, 6.45) is 6.86. The van der Waals surface area contributed by atoms with Crippen molar-refractivity contribution in [1.29, 1.82) is 0 Å². The van der Waals surface area contributed by atoms with E-state index in [2.05, 4.69) is 41.3 Å². The van der Waals surface area contributed by atoms with E-state index in [4.69, 9.17) is 9.47 Å². The molecule has 21 heavy (non-hydrogen) atoms. The number of hydrogen-bond acceptors (Lipinski definition) is 3. The van der Waals surface area contributed by atoms with Gasteiger partial charge in [0.05, 0.1) is 0 Å². The van der Waals surface area contributed by atoms with Crippen LogP contribution in [0.5, 0.6) is 0 Å². The predicted molar refractivity (Wildman–Crippen MR) is 84.1 cm³/mol. The maximum absolute atomic E-state index is 5.40. The second-order valence-electron chi connectivity index (χ2n) is 5.71. The number of piperidine rings is 1. The Hall–Kier alpha value is -2.16. The van der Waals surface area contributed by atoms with Gasteiger partial charge >= 0.3 is 0 Å². The van der Waals surface area contributed by atoms with Gasteiger partial charge < -0.3 is 14.4 Å². The highest BCUT2D eigenvalue weighted by molar-refractivity contribution is 5.86. The molecule has 0 saturated carbocycles. The quantitative estimate of drug-likeness (QED) is 0.817. The molecule has 0 radical (unpaired) electrons. The molecule has 0 spiro atoms. The molecule has 0 aliphatic carbocycles. The first kappa shape index (κ1) is 12.6. The molecule has 4 rings (SSSR count). The predicted octanol–water partition coefficient (Wildman–Crippen LogP) is 4.35. The number of benzene rings is 2. The molecular weight excluding hydrogens is 262 g/mol. The van der Waals surface area contributed by atoms with Gasteiger partial charge in [-0.05, 0) is 48.2 Å². The molecule has 2 aromatic rings. The maximum atomic E-state index is 5.40. The van der Waals surface area contributed by atoms with Crippen LogP contribution in [0.25, 0.3) is 10.8 Å². The first-order chi connectivity index (χ1) is 10.4. The van der Waals surface area contributed by atoms with E-state index in [-0.39, 0.29) is 6.29 Å². The van der Waals surface area contributed by atoms with E-state index in [1.807, 2.05) is 0 Å². The van der Waals surface area contributed by atoms with Crippen molar-refractivity contribution in [1.82, 2.24) is 0 Å². The van der Waals surface area contributed by atoms with Crippen molar-refractivity contribution >= 4 is 16.5 Å². The van der Waals surface area contributed by atoms with Gasteiger partial charge in [0.1, 0.15) is 12.5 Å². The number of rotatable bonds is 2. The van der Waals surface area contributed by atoms with Crippen LogP contribution in [0.4, 0.5) is 5.69 Å². The third-order valence-electron chi connectivity index (χ3n) is 4.30. The van der Waals surface area contributed by atoms with Gasteiger partial charge in [0, 0.05) is 24.3 Å². The fraction of sp³-hybridized carbons (Fsp3) is 0.333. The zero-order valence-corrected chi connectivity index (χ0v) is 12.0. The minimum Gasteiger partial charge on any atom is -0.455 e. The Bertz CT molecular complexity index is 666. The molecule has 0 atom stereocenters. The van der Waals surface area contributed by atoms with Gasteiger partial charge in [-0.1, -0.05) is 18.2 Å². The Balaban J connectivity index is 1.64. The van der Waals surface area contributed by atoms with Crippen LogP contribution in [-0.4, -0.2) is 13.1 Å². The lowest BCUT2D eigenvalue weighted by Crippen LogP contribution is -2.29. The summed E-state index contributed by atoms with van der Waals surface area (Å²) in [7, 11) is 0. The summed E-state index contributed by atoms with van der Waals surface area (Å²) >= 11 is 0. The normalized spacial score (nSPS) is 18.8. The molecule has 3 nitrogen and oxygen atoms in total. The summed E-state index contributed by atoms with van der Waals surface area (Å²) in [5.41, 5.74) is 2.39. The molecule has 0 N–H and O–H groups in total. The minimum atomic E-state index is -0.295. The Labute approximate surface area is 124 Å². The lowest BCUT2D eigenvalue weighted by molar-refractivity contribution is -0.0244. The van der Waals surface area contributed by atoms with Gasteiger partial charge in [0.25, 0.3) is 6.29 Å². The molecule has 0 unspecified atom stereocenters. The summed E-state index contributed by atoms with van der Waals surface area (Å²) in [6.45, 7) is 2.36. The molecule has 3 heteroatoms. The molecule has 0 amide bonds. The van der Waals surface area contributed by atoms with E-state index < -0.39 is 0 Å². The SMILES string of the molecule is C1=COC(c2ccc3cc(N4CCCCC4)ccc3c2)O1. The molecule has 1 fully saturated rings. The van der Waals surface area contributed by atoms with Crippen LogP contribution in [0, 0.1) is 0 Å². The first-order valence-corrected chi connectivity index (χ1v) is 7.65. The Morgan fingerprint density at radius 1 is 0.810 bits per heavy atom. The van der Waals surface area contributed by atoms with Crippen LogP contribution in [0.3, 0.4) is 0 Å². The van der Waals surface area contributed by atoms with E-state index in [9.17, 15) is 0 Å². The number of hydrogen-bond donors (Lipinski definition) is 0. The van der Waals surface area contributed by atoms with Crippen LogP contribution >= 0.6 is 0 Å². The maximum Gasteiger partial charge on any atom is 0.266 e. The molecule has 2 aliphatic heterocycles. The van der Waals surface area contributed by atoms with Crippen LogP contribution in [-0.2, 0) is 9.47 Å². The van der Waals surface area contributed by atoms with Gasteiger partial charge in [-0.2, -0.15) is 0 Å². The molecule has 1 saturated heterocycles. The van der Waals surface area contributed by atoms with Gasteiger partial charge in [-0.25, -0.2) is 0 Å². The van der Waals surface area contributed by atoms with Crippen molar-refractivity contribution in [3.8, 4) is 0 Å². The Morgan fingerprint density at radius 2 is 1.52 bits per heavy atom. The van der Waals surface area contributed by atoms with Crippen molar-refractivity contribution in [2.45, 2.75) is 25.6 Å². The van der Waals surface area contributed by atoms with Crippen molar-refractivity contribution in [3.05, 3.63) is 54.5 Å². The number of nitrogens with zero attached hydrogens (tertiary/aromatic N) is 1.